The van der Waals surface area contributed by atoms with Crippen LogP contribution in [0.4, 0.5) is 0 Å². The summed E-state index contributed by atoms with van der Waals surface area (Å²) in [6, 6.07) is 0. The Morgan fingerprint density at radius 1 is 0.682 bits per heavy atom. The van der Waals surface area contributed by atoms with E-state index < -0.39 is 5.79 Å². The number of hydrogen-bond donors (Lipinski definition) is 0. The Morgan fingerprint density at radius 3 is 1.50 bits per heavy atom. The van der Waals surface area contributed by atoms with E-state index in [0.29, 0.717) is 11.8 Å². The van der Waals surface area contributed by atoms with Crippen molar-refractivity contribution in [2.45, 2.75) is 105 Å². The maximum Gasteiger partial charge on any atom is 0.165 e. The molecular formula is C20H42O2. The third kappa shape index (κ3) is 13.6. The van der Waals surface area contributed by atoms with Crippen LogP contribution in [0.5, 0.6) is 0 Å². The molecule has 0 bridgehead atoms. The van der Waals surface area contributed by atoms with Crippen LogP contribution in [0.2, 0.25) is 0 Å². The summed E-state index contributed by atoms with van der Waals surface area (Å²) in [4.78, 5) is 0. The minimum Gasteiger partial charge on any atom is -0.350 e. The van der Waals surface area contributed by atoms with Crippen molar-refractivity contribution in [2.75, 3.05) is 13.2 Å². The Bertz CT molecular complexity index is 224. The van der Waals surface area contributed by atoms with Crippen LogP contribution in [-0.2, 0) is 9.47 Å². The van der Waals surface area contributed by atoms with Gasteiger partial charge in [0.25, 0.3) is 0 Å². The van der Waals surface area contributed by atoms with Crippen molar-refractivity contribution in [2.24, 2.45) is 11.8 Å². The number of rotatable bonds is 15. The molecule has 0 rings (SSSR count). The molecule has 134 valence electrons. The van der Waals surface area contributed by atoms with E-state index in [4.69, 9.17) is 9.47 Å². The Hall–Kier alpha value is -0.0800. The summed E-state index contributed by atoms with van der Waals surface area (Å²) in [7, 11) is 0. The van der Waals surface area contributed by atoms with Gasteiger partial charge in [-0.15, -0.1) is 0 Å². The van der Waals surface area contributed by atoms with Crippen LogP contribution < -0.4 is 0 Å². The van der Waals surface area contributed by atoms with Gasteiger partial charge in [0.2, 0.25) is 0 Å². The van der Waals surface area contributed by atoms with Crippen LogP contribution in [0.15, 0.2) is 0 Å². The lowest BCUT2D eigenvalue weighted by molar-refractivity contribution is -0.238. The monoisotopic (exact) mass is 314 g/mol. The summed E-state index contributed by atoms with van der Waals surface area (Å²) >= 11 is 0. The molecule has 0 fully saturated rings. The highest BCUT2D eigenvalue weighted by atomic mass is 16.7. The van der Waals surface area contributed by atoms with E-state index in [1.165, 1.54) is 51.4 Å². The smallest absolute Gasteiger partial charge is 0.165 e. The summed E-state index contributed by atoms with van der Waals surface area (Å²) in [6.07, 6.45) is 11.8. The molecule has 0 saturated carbocycles. The van der Waals surface area contributed by atoms with Gasteiger partial charge in [-0.2, -0.15) is 0 Å². The molecule has 0 saturated heterocycles. The first-order valence-corrected chi connectivity index (χ1v) is 9.67. The summed E-state index contributed by atoms with van der Waals surface area (Å²) in [6.45, 7) is 14.7. The number of unbranched alkanes of at least 4 members (excludes halogenated alkanes) is 7. The Balaban J connectivity index is 3.91. The van der Waals surface area contributed by atoms with Crippen molar-refractivity contribution in [1.82, 2.24) is 0 Å². The van der Waals surface area contributed by atoms with Gasteiger partial charge in [-0.1, -0.05) is 79.6 Å². The molecule has 0 atom stereocenters. The Morgan fingerprint density at radius 2 is 1.09 bits per heavy atom. The van der Waals surface area contributed by atoms with Gasteiger partial charge in [0.15, 0.2) is 5.79 Å². The molecule has 2 heteroatoms. The molecule has 0 unspecified atom stereocenters. The van der Waals surface area contributed by atoms with Crippen LogP contribution in [-0.4, -0.2) is 19.0 Å². The van der Waals surface area contributed by atoms with Crippen LogP contribution in [0, 0.1) is 11.8 Å². The molecule has 0 heterocycles. The predicted molar refractivity (Wildman–Crippen MR) is 97.2 cm³/mol. The predicted octanol–water partition coefficient (Wildman–Crippen LogP) is 6.58. The first kappa shape index (κ1) is 21.9. The molecule has 0 spiro atoms. The second-order valence-corrected chi connectivity index (χ2v) is 7.77. The summed E-state index contributed by atoms with van der Waals surface area (Å²) in [5.74, 6) is 0.720. The SMILES string of the molecule is CCCCCCCCCCC(C)(OCC(C)C)OCC(C)C. The largest absolute Gasteiger partial charge is 0.350 e. The van der Waals surface area contributed by atoms with Crippen molar-refractivity contribution in [3.05, 3.63) is 0 Å². The van der Waals surface area contributed by atoms with Gasteiger partial charge in [-0.05, 0) is 25.2 Å². The first-order valence-electron chi connectivity index (χ1n) is 9.67. The minimum atomic E-state index is -0.392. The van der Waals surface area contributed by atoms with E-state index in [1.807, 2.05) is 0 Å². The quantitative estimate of drug-likeness (QED) is 0.251. The molecule has 0 aliphatic carbocycles. The Labute approximate surface area is 140 Å². The topological polar surface area (TPSA) is 18.5 Å². The third-order valence-electron chi connectivity index (χ3n) is 3.93. The molecule has 0 aliphatic heterocycles. The molecule has 0 aromatic carbocycles. The van der Waals surface area contributed by atoms with Crippen molar-refractivity contribution in [1.29, 1.82) is 0 Å². The standard InChI is InChI=1S/C20H42O2/c1-7-8-9-10-11-12-13-14-15-20(6,21-16-18(2)3)22-17-19(4)5/h18-19H,7-17H2,1-6H3. The molecule has 22 heavy (non-hydrogen) atoms. The highest BCUT2D eigenvalue weighted by Crippen LogP contribution is 2.23. The molecule has 0 aromatic heterocycles. The number of ether oxygens (including phenoxy) is 2. The van der Waals surface area contributed by atoms with E-state index in [9.17, 15) is 0 Å². The normalized spacial score (nSPS) is 12.5. The summed E-state index contributed by atoms with van der Waals surface area (Å²) < 4.78 is 12.2. The van der Waals surface area contributed by atoms with Gasteiger partial charge in [-0.3, -0.25) is 0 Å². The minimum absolute atomic E-state index is 0.392. The van der Waals surface area contributed by atoms with E-state index in [2.05, 4.69) is 41.5 Å². The first-order chi connectivity index (χ1) is 10.4. The van der Waals surface area contributed by atoms with Gasteiger partial charge >= 0.3 is 0 Å². The van der Waals surface area contributed by atoms with Crippen LogP contribution in [0.25, 0.3) is 0 Å². The van der Waals surface area contributed by atoms with E-state index >= 15 is 0 Å². The van der Waals surface area contributed by atoms with Gasteiger partial charge < -0.3 is 9.47 Å². The third-order valence-corrected chi connectivity index (χ3v) is 3.93. The number of hydrogen-bond acceptors (Lipinski definition) is 2. The Kier molecular flexibility index (Phi) is 13.3. The lowest BCUT2D eigenvalue weighted by Gasteiger charge is -2.32. The van der Waals surface area contributed by atoms with Crippen molar-refractivity contribution in [3.63, 3.8) is 0 Å². The van der Waals surface area contributed by atoms with Gasteiger partial charge in [0.05, 0.1) is 13.2 Å². The fourth-order valence-corrected chi connectivity index (χ4v) is 2.45. The van der Waals surface area contributed by atoms with E-state index in [-0.39, 0.29) is 0 Å². The molecule has 2 nitrogen and oxygen atoms in total. The molecule has 0 N–H and O–H groups in total. The van der Waals surface area contributed by atoms with Crippen LogP contribution >= 0.6 is 0 Å². The average Bonchev–Trinajstić information content (AvgIpc) is 2.46. The van der Waals surface area contributed by atoms with E-state index in [0.717, 1.165) is 19.6 Å². The zero-order valence-electron chi connectivity index (χ0n) is 16.2. The molecule has 0 aliphatic rings. The fourth-order valence-electron chi connectivity index (χ4n) is 2.45. The van der Waals surface area contributed by atoms with Crippen molar-refractivity contribution >= 4 is 0 Å². The summed E-state index contributed by atoms with van der Waals surface area (Å²) in [5, 5.41) is 0. The summed E-state index contributed by atoms with van der Waals surface area (Å²) in [5.41, 5.74) is 0. The lowest BCUT2D eigenvalue weighted by atomic mass is 10.0. The molecule has 0 aromatic rings. The lowest BCUT2D eigenvalue weighted by Crippen LogP contribution is -2.35. The molecule has 0 amide bonds. The zero-order valence-corrected chi connectivity index (χ0v) is 16.2. The van der Waals surface area contributed by atoms with Gasteiger partial charge in [-0.25, -0.2) is 0 Å². The average molecular weight is 315 g/mol. The van der Waals surface area contributed by atoms with Crippen molar-refractivity contribution in [3.8, 4) is 0 Å². The second-order valence-electron chi connectivity index (χ2n) is 7.77. The molecule has 0 radical (unpaired) electrons. The fraction of sp³-hybridized carbons (Fsp3) is 1.00. The highest BCUT2D eigenvalue weighted by Gasteiger charge is 2.26. The van der Waals surface area contributed by atoms with Crippen molar-refractivity contribution < 1.29 is 9.47 Å². The van der Waals surface area contributed by atoms with Crippen LogP contribution in [0.1, 0.15) is 99.3 Å². The second kappa shape index (κ2) is 13.4. The van der Waals surface area contributed by atoms with Gasteiger partial charge in [0.1, 0.15) is 0 Å². The maximum absolute atomic E-state index is 6.08. The maximum atomic E-state index is 6.08. The highest BCUT2D eigenvalue weighted by molar-refractivity contribution is 4.65. The van der Waals surface area contributed by atoms with Gasteiger partial charge in [0, 0.05) is 6.42 Å². The van der Waals surface area contributed by atoms with E-state index in [1.54, 1.807) is 0 Å². The molecular weight excluding hydrogens is 272 g/mol. The van der Waals surface area contributed by atoms with Crippen LogP contribution in [0.3, 0.4) is 0 Å². The zero-order chi connectivity index (χ0) is 16.8.